The first-order valence-electron chi connectivity index (χ1n) is 11.0. The van der Waals surface area contributed by atoms with Gasteiger partial charge in [-0.05, 0) is 39.2 Å². The van der Waals surface area contributed by atoms with Crippen molar-refractivity contribution in [3.63, 3.8) is 0 Å². The van der Waals surface area contributed by atoms with Gasteiger partial charge in [0.15, 0.2) is 0 Å². The lowest BCUT2D eigenvalue weighted by Gasteiger charge is -2.30. The van der Waals surface area contributed by atoms with E-state index in [4.69, 9.17) is 9.57 Å². The number of rotatable bonds is 6. The summed E-state index contributed by atoms with van der Waals surface area (Å²) < 4.78 is 5.88. The number of nitrogens with one attached hydrogen (secondary N) is 2. The number of aromatic nitrogens is 1. The second-order valence-electron chi connectivity index (χ2n) is 8.95. The monoisotopic (exact) mass is 474 g/mol. The quantitative estimate of drug-likeness (QED) is 0.502. The molecule has 2 atom stereocenters. The Bertz CT molecular complexity index is 997. The smallest absolute Gasteiger partial charge is 0.433 e. The van der Waals surface area contributed by atoms with E-state index in [-0.39, 0.29) is 12.3 Å². The number of aromatic hydroxyl groups is 2. The number of likely N-dealkylation sites (tertiary alicyclic amines) is 1. The number of ether oxygens (including phenoxy) is 1. The van der Waals surface area contributed by atoms with Crippen LogP contribution in [0.25, 0.3) is 0 Å². The third-order valence-corrected chi connectivity index (χ3v) is 5.06. The van der Waals surface area contributed by atoms with Crippen molar-refractivity contribution in [1.82, 2.24) is 20.3 Å². The summed E-state index contributed by atoms with van der Waals surface area (Å²) in [6.07, 6.45) is -1.05. The van der Waals surface area contributed by atoms with E-state index in [2.05, 4.69) is 10.6 Å². The molecule has 2 aromatic rings. The van der Waals surface area contributed by atoms with Crippen LogP contribution in [0.3, 0.4) is 0 Å². The molecule has 0 bridgehead atoms. The predicted octanol–water partition coefficient (Wildman–Crippen LogP) is 2.12. The van der Waals surface area contributed by atoms with E-state index in [1.165, 1.54) is 4.90 Å². The summed E-state index contributed by atoms with van der Waals surface area (Å²) in [7, 11) is 0. The molecular formula is C23H30N4O7. The third kappa shape index (κ3) is 6.56. The summed E-state index contributed by atoms with van der Waals surface area (Å²) in [4.78, 5) is 44.6. The third-order valence-electron chi connectivity index (χ3n) is 5.06. The minimum Gasteiger partial charge on any atom is -0.492 e. The number of alkyl carbamates (subject to hydrolysis) is 1. The van der Waals surface area contributed by atoms with Crippen LogP contribution in [0.1, 0.15) is 39.2 Å². The summed E-state index contributed by atoms with van der Waals surface area (Å²) in [5, 5.41) is 24.5. The van der Waals surface area contributed by atoms with E-state index >= 15 is 0 Å². The van der Waals surface area contributed by atoms with Crippen LogP contribution in [0.5, 0.6) is 11.8 Å². The zero-order valence-electron chi connectivity index (χ0n) is 19.4. The molecule has 1 aliphatic heterocycles. The van der Waals surface area contributed by atoms with Gasteiger partial charge in [-0.1, -0.05) is 30.3 Å². The van der Waals surface area contributed by atoms with Gasteiger partial charge in [-0.25, -0.2) is 9.59 Å². The second kappa shape index (κ2) is 10.4. The summed E-state index contributed by atoms with van der Waals surface area (Å²) in [5.74, 6) is -1.31. The van der Waals surface area contributed by atoms with Crippen molar-refractivity contribution >= 4 is 18.1 Å². The van der Waals surface area contributed by atoms with Gasteiger partial charge < -0.3 is 30.0 Å². The van der Waals surface area contributed by atoms with Crippen LogP contribution in [0, 0.1) is 0 Å². The van der Waals surface area contributed by atoms with Gasteiger partial charge in [0.05, 0.1) is 0 Å². The van der Waals surface area contributed by atoms with Gasteiger partial charge >= 0.3 is 12.2 Å². The molecule has 11 nitrogen and oxygen atoms in total. The molecule has 0 spiro atoms. The van der Waals surface area contributed by atoms with Crippen molar-refractivity contribution in [2.75, 3.05) is 6.54 Å². The Morgan fingerprint density at radius 3 is 2.32 bits per heavy atom. The Labute approximate surface area is 197 Å². The van der Waals surface area contributed by atoms with Gasteiger partial charge in [0, 0.05) is 25.1 Å². The number of amides is 3. The van der Waals surface area contributed by atoms with Crippen LogP contribution in [0.2, 0.25) is 0 Å². The van der Waals surface area contributed by atoms with E-state index in [9.17, 15) is 24.6 Å². The van der Waals surface area contributed by atoms with Gasteiger partial charge in [-0.15, -0.1) is 4.73 Å². The molecule has 34 heavy (non-hydrogen) atoms. The van der Waals surface area contributed by atoms with Crippen molar-refractivity contribution in [1.29, 1.82) is 0 Å². The van der Waals surface area contributed by atoms with E-state index in [0.29, 0.717) is 24.1 Å². The van der Waals surface area contributed by atoms with Crippen LogP contribution >= 0.6 is 0 Å². The highest BCUT2D eigenvalue weighted by Gasteiger charge is 2.36. The molecule has 1 aromatic carbocycles. The van der Waals surface area contributed by atoms with Gasteiger partial charge in [-0.2, -0.15) is 0 Å². The van der Waals surface area contributed by atoms with Crippen LogP contribution in [-0.2, 0) is 16.0 Å². The summed E-state index contributed by atoms with van der Waals surface area (Å²) in [6, 6.07) is 10.6. The van der Waals surface area contributed by atoms with Gasteiger partial charge in [0.25, 0.3) is 0 Å². The Morgan fingerprint density at radius 1 is 1.06 bits per heavy atom. The highest BCUT2D eigenvalue weighted by atomic mass is 16.7. The molecule has 3 rings (SSSR count). The fourth-order valence-corrected chi connectivity index (χ4v) is 3.62. The first-order valence-corrected chi connectivity index (χ1v) is 11.0. The van der Waals surface area contributed by atoms with Crippen molar-refractivity contribution in [3.8, 4) is 11.8 Å². The van der Waals surface area contributed by atoms with Crippen molar-refractivity contribution in [2.45, 2.75) is 57.8 Å². The SMILES string of the molecule is CC(C)(C)OC(=O)N[C@@H](Cc1ccccc1)C(=O)N1CCCC1NC(=O)On1c(O)ccc1O. The molecule has 3 amide bonds. The first-order chi connectivity index (χ1) is 16.0. The number of nitrogens with zero attached hydrogens (tertiary/aromatic N) is 2. The molecule has 0 aliphatic carbocycles. The zero-order valence-corrected chi connectivity index (χ0v) is 19.4. The Hall–Kier alpha value is -3.89. The molecule has 2 heterocycles. The number of hydrogen-bond donors (Lipinski definition) is 4. The van der Waals surface area contributed by atoms with Crippen LogP contribution < -0.4 is 15.5 Å². The normalized spacial score (nSPS) is 16.6. The van der Waals surface area contributed by atoms with Crippen molar-refractivity contribution < 1.29 is 34.2 Å². The standard InChI is InChI=1S/C23H30N4O7/c1-23(2,3)33-21(31)24-16(14-15-8-5-4-6-9-15)20(30)26-13-7-10-17(26)25-22(32)34-27-18(28)11-12-19(27)29/h4-6,8-9,11-12,16-17,28-29H,7,10,13-14H2,1-3H3,(H,24,31)(H,25,32)/t16-,17?/m0/s1. The maximum atomic E-state index is 13.4. The molecule has 1 fully saturated rings. The number of carbonyl (C=O) groups is 3. The highest BCUT2D eigenvalue weighted by Crippen LogP contribution is 2.20. The molecular weight excluding hydrogens is 444 g/mol. The molecule has 1 aliphatic rings. The molecule has 1 unspecified atom stereocenters. The topological polar surface area (TPSA) is 142 Å². The maximum absolute atomic E-state index is 13.4. The summed E-state index contributed by atoms with van der Waals surface area (Å²) in [5.41, 5.74) is 0.111. The van der Waals surface area contributed by atoms with Crippen molar-refractivity contribution in [3.05, 3.63) is 48.0 Å². The van der Waals surface area contributed by atoms with E-state index in [1.807, 2.05) is 30.3 Å². The molecule has 4 N–H and O–H groups in total. The molecule has 184 valence electrons. The Kier molecular flexibility index (Phi) is 7.54. The fourth-order valence-electron chi connectivity index (χ4n) is 3.62. The van der Waals surface area contributed by atoms with E-state index < -0.39 is 41.8 Å². The Morgan fingerprint density at radius 2 is 1.71 bits per heavy atom. The Balaban J connectivity index is 1.71. The lowest BCUT2D eigenvalue weighted by molar-refractivity contribution is -0.134. The number of benzene rings is 1. The summed E-state index contributed by atoms with van der Waals surface area (Å²) in [6.45, 7) is 5.55. The van der Waals surface area contributed by atoms with Gasteiger partial charge in [0.2, 0.25) is 17.7 Å². The van der Waals surface area contributed by atoms with Gasteiger partial charge in [-0.3, -0.25) is 10.1 Å². The maximum Gasteiger partial charge on any atom is 0.433 e. The molecule has 1 aromatic heterocycles. The van der Waals surface area contributed by atoms with E-state index in [0.717, 1.165) is 17.7 Å². The minimum absolute atomic E-state index is 0.234. The average Bonchev–Trinajstić information content (AvgIpc) is 3.33. The number of carbonyl (C=O) groups excluding carboxylic acids is 3. The molecule has 0 saturated carbocycles. The molecule has 1 saturated heterocycles. The van der Waals surface area contributed by atoms with Crippen LogP contribution in [-0.4, -0.2) is 62.3 Å². The minimum atomic E-state index is -0.966. The zero-order chi connectivity index (χ0) is 24.9. The summed E-state index contributed by atoms with van der Waals surface area (Å²) >= 11 is 0. The highest BCUT2D eigenvalue weighted by molar-refractivity contribution is 5.87. The van der Waals surface area contributed by atoms with Gasteiger partial charge in [0.1, 0.15) is 17.8 Å². The molecule has 0 radical (unpaired) electrons. The second-order valence-corrected chi connectivity index (χ2v) is 8.95. The predicted molar refractivity (Wildman–Crippen MR) is 121 cm³/mol. The molecule has 11 heteroatoms. The average molecular weight is 475 g/mol. The lowest BCUT2D eigenvalue weighted by atomic mass is 10.0. The van der Waals surface area contributed by atoms with E-state index in [1.54, 1.807) is 20.8 Å². The lowest BCUT2D eigenvalue weighted by Crippen LogP contribution is -2.56. The van der Waals surface area contributed by atoms with Crippen molar-refractivity contribution in [2.24, 2.45) is 0 Å². The van der Waals surface area contributed by atoms with Crippen LogP contribution in [0.4, 0.5) is 9.59 Å². The van der Waals surface area contributed by atoms with Crippen LogP contribution in [0.15, 0.2) is 42.5 Å². The largest absolute Gasteiger partial charge is 0.492 e. The number of hydrogen-bond acceptors (Lipinski definition) is 7. The fraction of sp³-hybridized carbons (Fsp3) is 0.435. The first kappa shape index (κ1) is 24.7.